The zero-order valence-electron chi connectivity index (χ0n) is 14.8. The van der Waals surface area contributed by atoms with Crippen molar-refractivity contribution >= 4 is 41.3 Å². The van der Waals surface area contributed by atoms with Crippen molar-refractivity contribution in [3.8, 4) is 0 Å². The number of nitrogens with one attached hydrogen (secondary N) is 2. The van der Waals surface area contributed by atoms with Gasteiger partial charge in [0.2, 0.25) is 29.5 Å². The Bertz CT molecular complexity index is 552. The SMILES string of the molecule is CCC(=O)NC(CCCCN1C(=O)CC(SC)C1=O)C(=O)NC(C)=O. The number of hydrogen-bond acceptors (Lipinski definition) is 6. The third kappa shape index (κ3) is 6.49. The van der Waals surface area contributed by atoms with Gasteiger partial charge >= 0.3 is 0 Å². The maximum absolute atomic E-state index is 12.0. The van der Waals surface area contributed by atoms with Crippen molar-refractivity contribution in [2.24, 2.45) is 0 Å². The summed E-state index contributed by atoms with van der Waals surface area (Å²) in [5.74, 6) is -1.66. The summed E-state index contributed by atoms with van der Waals surface area (Å²) >= 11 is 1.37. The van der Waals surface area contributed by atoms with E-state index in [0.717, 1.165) is 0 Å². The summed E-state index contributed by atoms with van der Waals surface area (Å²) in [5.41, 5.74) is 0. The molecular weight excluding hydrogens is 346 g/mol. The van der Waals surface area contributed by atoms with E-state index in [4.69, 9.17) is 0 Å². The maximum Gasteiger partial charge on any atom is 0.249 e. The summed E-state index contributed by atoms with van der Waals surface area (Å²) in [7, 11) is 0. The molecule has 140 valence electrons. The van der Waals surface area contributed by atoms with Gasteiger partial charge in [-0.05, 0) is 25.5 Å². The first kappa shape index (κ1) is 21.1. The largest absolute Gasteiger partial charge is 0.344 e. The molecule has 0 bridgehead atoms. The predicted molar refractivity (Wildman–Crippen MR) is 93.5 cm³/mol. The number of nitrogens with zero attached hydrogens (tertiary/aromatic N) is 1. The van der Waals surface area contributed by atoms with Gasteiger partial charge in [0, 0.05) is 26.3 Å². The molecule has 0 radical (unpaired) electrons. The molecule has 1 aliphatic rings. The summed E-state index contributed by atoms with van der Waals surface area (Å²) in [6.45, 7) is 3.20. The smallest absolute Gasteiger partial charge is 0.249 e. The monoisotopic (exact) mass is 371 g/mol. The van der Waals surface area contributed by atoms with Gasteiger partial charge in [0.25, 0.3) is 0 Å². The number of unbranched alkanes of at least 4 members (excludes halogenated alkanes) is 1. The molecule has 0 aromatic carbocycles. The third-order valence-electron chi connectivity index (χ3n) is 3.88. The van der Waals surface area contributed by atoms with Crippen LogP contribution in [0, 0.1) is 0 Å². The average Bonchev–Trinajstić information content (AvgIpc) is 2.83. The lowest BCUT2D eigenvalue weighted by atomic mass is 10.1. The van der Waals surface area contributed by atoms with Gasteiger partial charge in [-0.3, -0.25) is 34.2 Å². The molecule has 9 heteroatoms. The molecule has 0 spiro atoms. The molecule has 0 aliphatic carbocycles. The number of rotatable bonds is 9. The van der Waals surface area contributed by atoms with Crippen LogP contribution in [0.2, 0.25) is 0 Å². The first-order valence-electron chi connectivity index (χ1n) is 8.27. The lowest BCUT2D eigenvalue weighted by molar-refractivity contribution is -0.138. The summed E-state index contributed by atoms with van der Waals surface area (Å²) < 4.78 is 0. The number of hydrogen-bond donors (Lipinski definition) is 2. The fraction of sp³-hybridized carbons (Fsp3) is 0.688. The van der Waals surface area contributed by atoms with Crippen molar-refractivity contribution in [2.75, 3.05) is 12.8 Å². The fourth-order valence-corrected chi connectivity index (χ4v) is 3.15. The van der Waals surface area contributed by atoms with Crippen LogP contribution in [0.15, 0.2) is 0 Å². The number of imide groups is 2. The number of likely N-dealkylation sites (tertiary alicyclic amines) is 1. The van der Waals surface area contributed by atoms with Gasteiger partial charge in [-0.2, -0.15) is 11.8 Å². The first-order chi connectivity index (χ1) is 11.8. The molecule has 8 nitrogen and oxygen atoms in total. The predicted octanol–water partition coefficient (Wildman–Crippen LogP) is 0.205. The van der Waals surface area contributed by atoms with Crippen molar-refractivity contribution in [1.82, 2.24) is 15.5 Å². The van der Waals surface area contributed by atoms with Gasteiger partial charge in [-0.15, -0.1) is 0 Å². The molecule has 1 heterocycles. The van der Waals surface area contributed by atoms with Crippen molar-refractivity contribution in [3.63, 3.8) is 0 Å². The van der Waals surface area contributed by atoms with Crippen LogP contribution in [-0.2, 0) is 24.0 Å². The molecule has 1 saturated heterocycles. The Morgan fingerprint density at radius 1 is 1.28 bits per heavy atom. The van der Waals surface area contributed by atoms with E-state index < -0.39 is 17.9 Å². The molecule has 2 unspecified atom stereocenters. The molecule has 1 rings (SSSR count). The highest BCUT2D eigenvalue weighted by Crippen LogP contribution is 2.23. The van der Waals surface area contributed by atoms with E-state index in [1.165, 1.54) is 23.6 Å². The van der Waals surface area contributed by atoms with E-state index in [-0.39, 0.29) is 35.8 Å². The third-order valence-corrected chi connectivity index (χ3v) is 4.82. The number of thioether (sulfide) groups is 1. The van der Waals surface area contributed by atoms with Crippen molar-refractivity contribution in [3.05, 3.63) is 0 Å². The molecule has 1 aliphatic heterocycles. The minimum atomic E-state index is -0.805. The normalized spacial score (nSPS) is 18.2. The summed E-state index contributed by atoms with van der Waals surface area (Å²) in [5, 5.41) is 4.45. The number of carbonyl (C=O) groups excluding carboxylic acids is 5. The van der Waals surface area contributed by atoms with Gasteiger partial charge in [-0.25, -0.2) is 0 Å². The van der Waals surface area contributed by atoms with Crippen LogP contribution < -0.4 is 10.6 Å². The highest BCUT2D eigenvalue weighted by atomic mass is 32.2. The lowest BCUT2D eigenvalue weighted by Gasteiger charge is -2.18. The van der Waals surface area contributed by atoms with Crippen molar-refractivity contribution < 1.29 is 24.0 Å². The second kappa shape index (κ2) is 10.2. The van der Waals surface area contributed by atoms with Gasteiger partial charge in [0.15, 0.2) is 0 Å². The topological polar surface area (TPSA) is 113 Å². The Morgan fingerprint density at radius 2 is 1.96 bits per heavy atom. The lowest BCUT2D eigenvalue weighted by Crippen LogP contribution is -2.47. The van der Waals surface area contributed by atoms with Crippen LogP contribution >= 0.6 is 11.8 Å². The second-order valence-electron chi connectivity index (χ2n) is 5.83. The van der Waals surface area contributed by atoms with Crippen LogP contribution in [0.25, 0.3) is 0 Å². The minimum Gasteiger partial charge on any atom is -0.344 e. The molecule has 5 amide bonds. The highest BCUT2D eigenvalue weighted by molar-refractivity contribution is 8.00. The van der Waals surface area contributed by atoms with Crippen LogP contribution in [-0.4, -0.2) is 58.5 Å². The molecular formula is C16H25N3O5S. The van der Waals surface area contributed by atoms with Crippen LogP contribution in [0.5, 0.6) is 0 Å². The maximum atomic E-state index is 12.0. The Morgan fingerprint density at radius 3 is 2.48 bits per heavy atom. The summed E-state index contributed by atoms with van der Waals surface area (Å²) in [6, 6.07) is -0.805. The van der Waals surface area contributed by atoms with Crippen LogP contribution in [0.1, 0.15) is 46.0 Å². The Balaban J connectivity index is 2.49. The minimum absolute atomic E-state index is 0.164. The fourth-order valence-electron chi connectivity index (χ4n) is 2.52. The molecule has 0 aromatic rings. The first-order valence-corrected chi connectivity index (χ1v) is 9.56. The number of amides is 5. The molecule has 0 saturated carbocycles. The quantitative estimate of drug-likeness (QED) is 0.442. The van der Waals surface area contributed by atoms with Crippen molar-refractivity contribution in [1.29, 1.82) is 0 Å². The van der Waals surface area contributed by atoms with Crippen LogP contribution in [0.4, 0.5) is 0 Å². The molecule has 0 aromatic heterocycles. The molecule has 2 N–H and O–H groups in total. The van der Waals surface area contributed by atoms with E-state index in [9.17, 15) is 24.0 Å². The summed E-state index contributed by atoms with van der Waals surface area (Å²) in [4.78, 5) is 59.6. The molecule has 1 fully saturated rings. The standard InChI is InChI=1S/C16H25N3O5S/c1-4-13(21)18-11(15(23)17-10(2)20)7-5-6-8-19-14(22)9-12(25-3)16(19)24/h11-12H,4-9H2,1-3H3,(H,18,21)(H,17,20,23). The van der Waals surface area contributed by atoms with E-state index in [0.29, 0.717) is 25.8 Å². The Labute approximate surface area is 151 Å². The Kier molecular flexibility index (Phi) is 8.60. The van der Waals surface area contributed by atoms with E-state index in [2.05, 4.69) is 10.6 Å². The molecule has 25 heavy (non-hydrogen) atoms. The second-order valence-corrected chi connectivity index (χ2v) is 6.87. The van der Waals surface area contributed by atoms with Gasteiger partial charge < -0.3 is 5.32 Å². The van der Waals surface area contributed by atoms with Gasteiger partial charge in [-0.1, -0.05) is 6.92 Å². The van der Waals surface area contributed by atoms with E-state index >= 15 is 0 Å². The Hall–Kier alpha value is -1.90. The zero-order valence-corrected chi connectivity index (χ0v) is 15.6. The van der Waals surface area contributed by atoms with Crippen molar-refractivity contribution in [2.45, 2.75) is 57.2 Å². The zero-order chi connectivity index (χ0) is 19.0. The van der Waals surface area contributed by atoms with E-state index in [1.54, 1.807) is 13.2 Å². The van der Waals surface area contributed by atoms with Crippen LogP contribution in [0.3, 0.4) is 0 Å². The highest BCUT2D eigenvalue weighted by Gasteiger charge is 2.37. The summed E-state index contributed by atoms with van der Waals surface area (Å²) in [6.07, 6.45) is 3.65. The number of carbonyl (C=O) groups is 5. The average molecular weight is 371 g/mol. The van der Waals surface area contributed by atoms with Gasteiger partial charge in [0.1, 0.15) is 6.04 Å². The van der Waals surface area contributed by atoms with Gasteiger partial charge in [0.05, 0.1) is 5.25 Å². The molecule has 2 atom stereocenters. The van der Waals surface area contributed by atoms with E-state index in [1.807, 2.05) is 0 Å².